The quantitative estimate of drug-likeness (QED) is 0.688. The Hall–Kier alpha value is -2.71. The number of aryl methyl sites for hydroxylation is 2. The van der Waals surface area contributed by atoms with E-state index in [-0.39, 0.29) is 5.91 Å². The minimum atomic E-state index is -0.617. The van der Waals surface area contributed by atoms with Crippen LogP contribution in [0.4, 0.5) is 11.4 Å². The van der Waals surface area contributed by atoms with Gasteiger partial charge in [0.1, 0.15) is 5.54 Å². The number of hydrogen-bond donors (Lipinski definition) is 0. The van der Waals surface area contributed by atoms with Crippen molar-refractivity contribution in [1.82, 2.24) is 0 Å². The third-order valence-electron chi connectivity index (χ3n) is 6.03. The maximum absolute atomic E-state index is 13.7. The molecule has 28 heavy (non-hydrogen) atoms. The Morgan fingerprint density at radius 1 is 1.14 bits per heavy atom. The summed E-state index contributed by atoms with van der Waals surface area (Å²) >= 11 is 5.85. The molecule has 1 saturated carbocycles. The minimum Gasteiger partial charge on any atom is -0.303 e. The molecule has 2 atom stereocenters. The van der Waals surface area contributed by atoms with E-state index in [0.29, 0.717) is 16.6 Å². The van der Waals surface area contributed by atoms with Gasteiger partial charge in [-0.25, -0.2) is 0 Å². The van der Waals surface area contributed by atoms with E-state index in [4.69, 9.17) is 12.2 Å². The van der Waals surface area contributed by atoms with Crippen molar-refractivity contribution in [3.8, 4) is 6.07 Å². The van der Waals surface area contributed by atoms with Crippen LogP contribution in [0.5, 0.6) is 0 Å². The lowest BCUT2D eigenvalue weighted by Crippen LogP contribution is -2.48. The molecule has 1 saturated heterocycles. The topological polar surface area (TPSA) is 47.3 Å². The highest BCUT2D eigenvalue weighted by Gasteiger charge is 2.58. The minimum absolute atomic E-state index is 0.0477. The number of thiocarbonyl (C=S) groups is 1. The lowest BCUT2D eigenvalue weighted by molar-refractivity contribution is -0.121. The molecule has 1 aliphatic carbocycles. The number of amides is 1. The van der Waals surface area contributed by atoms with E-state index in [9.17, 15) is 10.1 Å². The van der Waals surface area contributed by atoms with Gasteiger partial charge in [0.2, 0.25) is 0 Å². The van der Waals surface area contributed by atoms with Crippen LogP contribution >= 0.6 is 12.2 Å². The van der Waals surface area contributed by atoms with Crippen molar-refractivity contribution in [3.05, 3.63) is 59.2 Å². The van der Waals surface area contributed by atoms with Gasteiger partial charge in [0.25, 0.3) is 5.91 Å². The maximum atomic E-state index is 13.7. The molecule has 1 heterocycles. The molecule has 142 valence electrons. The van der Waals surface area contributed by atoms with Crippen molar-refractivity contribution in [1.29, 1.82) is 5.26 Å². The van der Waals surface area contributed by atoms with Crippen LogP contribution in [0.15, 0.2) is 42.5 Å². The normalized spacial score (nSPS) is 24.3. The van der Waals surface area contributed by atoms with Crippen molar-refractivity contribution >= 4 is 34.6 Å². The third kappa shape index (κ3) is 2.71. The molecule has 4 rings (SSSR count). The lowest BCUT2D eigenvalue weighted by atomic mass is 9.93. The summed E-state index contributed by atoms with van der Waals surface area (Å²) in [5, 5.41) is 9.74. The van der Waals surface area contributed by atoms with E-state index in [1.54, 1.807) is 11.0 Å². The summed E-state index contributed by atoms with van der Waals surface area (Å²) in [6, 6.07) is 15.9. The highest BCUT2D eigenvalue weighted by molar-refractivity contribution is 7.81. The number of carbonyl (C=O) groups is 1. The van der Waals surface area contributed by atoms with Crippen LogP contribution in [0, 0.1) is 31.1 Å². The van der Waals surface area contributed by atoms with E-state index in [1.165, 1.54) is 5.56 Å². The zero-order valence-electron chi connectivity index (χ0n) is 16.4. The van der Waals surface area contributed by atoms with Gasteiger partial charge in [-0.05, 0) is 87.1 Å². The fourth-order valence-corrected chi connectivity index (χ4v) is 5.00. The molecule has 2 fully saturated rings. The standard InChI is InChI=1S/C23H23N3OS/c1-15-4-7-19(8-5-15)26-22(28)25(20-9-6-18(14-24)17(3)12-20)21(27)23(26)11-10-16(2)13-23/h4-9,12,16H,10-11,13H2,1-3H3. The van der Waals surface area contributed by atoms with Crippen molar-refractivity contribution in [2.45, 2.75) is 45.6 Å². The van der Waals surface area contributed by atoms with Gasteiger partial charge in [-0.1, -0.05) is 24.6 Å². The van der Waals surface area contributed by atoms with Gasteiger partial charge in [0.15, 0.2) is 5.11 Å². The molecule has 2 unspecified atom stereocenters. The number of rotatable bonds is 2. The first kappa shape index (κ1) is 18.6. The van der Waals surface area contributed by atoms with E-state index >= 15 is 0 Å². The Labute approximate surface area is 171 Å². The Morgan fingerprint density at radius 2 is 1.82 bits per heavy atom. The molecule has 0 radical (unpaired) electrons. The van der Waals surface area contributed by atoms with Crippen molar-refractivity contribution in [2.75, 3.05) is 9.80 Å². The molecule has 1 amide bonds. The second-order valence-corrected chi connectivity index (χ2v) is 8.45. The van der Waals surface area contributed by atoms with E-state index in [1.807, 2.05) is 31.2 Å². The first-order valence-corrected chi connectivity index (χ1v) is 10.0. The Balaban J connectivity index is 1.83. The number of anilines is 2. The largest absolute Gasteiger partial charge is 0.303 e. The number of benzene rings is 2. The molecule has 1 aliphatic heterocycles. The number of nitrogens with zero attached hydrogens (tertiary/aromatic N) is 3. The molecule has 0 bridgehead atoms. The van der Waals surface area contributed by atoms with E-state index < -0.39 is 5.54 Å². The van der Waals surface area contributed by atoms with E-state index in [0.717, 1.165) is 36.2 Å². The molecular weight excluding hydrogens is 366 g/mol. The summed E-state index contributed by atoms with van der Waals surface area (Å²) in [5.41, 5.74) is 3.71. The average molecular weight is 390 g/mol. The summed E-state index contributed by atoms with van der Waals surface area (Å²) in [4.78, 5) is 17.5. The monoisotopic (exact) mass is 389 g/mol. The van der Waals surface area contributed by atoms with Gasteiger partial charge in [0.05, 0.1) is 17.3 Å². The van der Waals surface area contributed by atoms with Crippen LogP contribution in [0.3, 0.4) is 0 Å². The van der Waals surface area contributed by atoms with Crippen LogP contribution in [0.1, 0.15) is 42.9 Å². The van der Waals surface area contributed by atoms with Gasteiger partial charge in [0, 0.05) is 5.69 Å². The molecular formula is C23H23N3OS. The molecule has 1 spiro atoms. The second-order valence-electron chi connectivity index (χ2n) is 8.08. The third-order valence-corrected chi connectivity index (χ3v) is 6.39. The summed E-state index contributed by atoms with van der Waals surface area (Å²) in [6.45, 7) is 6.14. The summed E-state index contributed by atoms with van der Waals surface area (Å²) in [7, 11) is 0. The van der Waals surface area contributed by atoms with Crippen LogP contribution in [-0.2, 0) is 4.79 Å². The zero-order valence-corrected chi connectivity index (χ0v) is 17.2. The maximum Gasteiger partial charge on any atom is 0.259 e. The molecule has 2 aliphatic rings. The first-order valence-electron chi connectivity index (χ1n) is 9.63. The molecule has 0 aromatic heterocycles. The van der Waals surface area contributed by atoms with Gasteiger partial charge in [-0.3, -0.25) is 9.69 Å². The second kappa shape index (κ2) is 6.72. The highest BCUT2D eigenvalue weighted by Crippen LogP contribution is 2.47. The van der Waals surface area contributed by atoms with E-state index in [2.05, 4.69) is 36.9 Å². The zero-order chi connectivity index (χ0) is 20.1. The van der Waals surface area contributed by atoms with Crippen molar-refractivity contribution in [3.63, 3.8) is 0 Å². The van der Waals surface area contributed by atoms with Gasteiger partial charge in [-0.2, -0.15) is 5.26 Å². The molecule has 4 nitrogen and oxygen atoms in total. The van der Waals surface area contributed by atoms with Crippen molar-refractivity contribution < 1.29 is 4.79 Å². The highest BCUT2D eigenvalue weighted by atomic mass is 32.1. The first-order chi connectivity index (χ1) is 13.4. The summed E-state index contributed by atoms with van der Waals surface area (Å²) in [5.74, 6) is 0.522. The van der Waals surface area contributed by atoms with Gasteiger partial charge in [-0.15, -0.1) is 0 Å². The average Bonchev–Trinajstić information content (AvgIpc) is 3.15. The summed E-state index contributed by atoms with van der Waals surface area (Å²) < 4.78 is 0. The van der Waals surface area contributed by atoms with Gasteiger partial charge >= 0.3 is 0 Å². The van der Waals surface area contributed by atoms with Crippen LogP contribution in [0.2, 0.25) is 0 Å². The Kier molecular flexibility index (Phi) is 4.47. The smallest absolute Gasteiger partial charge is 0.259 e. The molecule has 2 aromatic carbocycles. The predicted octanol–water partition coefficient (Wildman–Crippen LogP) is 4.87. The molecule has 2 aromatic rings. The van der Waals surface area contributed by atoms with Gasteiger partial charge < -0.3 is 4.90 Å². The van der Waals surface area contributed by atoms with Crippen LogP contribution < -0.4 is 9.80 Å². The van der Waals surface area contributed by atoms with Crippen LogP contribution in [-0.4, -0.2) is 16.6 Å². The predicted molar refractivity (Wildman–Crippen MR) is 115 cm³/mol. The van der Waals surface area contributed by atoms with Crippen molar-refractivity contribution in [2.24, 2.45) is 5.92 Å². The molecule has 5 heteroatoms. The summed E-state index contributed by atoms with van der Waals surface area (Å²) in [6.07, 6.45) is 2.61. The lowest BCUT2D eigenvalue weighted by Gasteiger charge is -2.33. The SMILES string of the molecule is Cc1ccc(N2C(=S)N(c3ccc(C#N)c(C)c3)C(=O)C23CCC(C)C3)cc1. The van der Waals surface area contributed by atoms with Crippen LogP contribution in [0.25, 0.3) is 0 Å². The number of hydrogen-bond acceptors (Lipinski definition) is 3. The fourth-order valence-electron chi connectivity index (χ4n) is 4.53. The fraction of sp³-hybridized carbons (Fsp3) is 0.348. The number of carbonyl (C=O) groups excluding carboxylic acids is 1. The molecule has 0 N–H and O–H groups in total. The Bertz CT molecular complexity index is 1010. The number of nitriles is 1. The Morgan fingerprint density at radius 3 is 2.39 bits per heavy atom.